The van der Waals surface area contributed by atoms with Crippen molar-refractivity contribution in [2.75, 3.05) is 6.61 Å². The minimum Gasteiger partial charge on any atom is -0.327 e. The summed E-state index contributed by atoms with van der Waals surface area (Å²) < 4.78 is 11.3. The predicted octanol–water partition coefficient (Wildman–Crippen LogP) is 5.04. The van der Waals surface area contributed by atoms with E-state index < -0.39 is 8.45 Å². The van der Waals surface area contributed by atoms with E-state index in [9.17, 15) is 0 Å². The van der Waals surface area contributed by atoms with Gasteiger partial charge in [-0.2, -0.15) is 0 Å². The van der Waals surface area contributed by atoms with Gasteiger partial charge in [-0.15, -0.1) is 0 Å². The van der Waals surface area contributed by atoms with Crippen molar-refractivity contribution in [1.29, 1.82) is 0 Å². The van der Waals surface area contributed by atoms with Gasteiger partial charge in [-0.05, 0) is 62.3 Å². The van der Waals surface area contributed by atoms with Crippen molar-refractivity contribution in [3.63, 3.8) is 0 Å². The van der Waals surface area contributed by atoms with Gasteiger partial charge in [0.1, 0.15) is 0 Å². The van der Waals surface area contributed by atoms with Gasteiger partial charge in [-0.1, -0.05) is 12.2 Å². The molecule has 0 spiro atoms. The summed E-state index contributed by atoms with van der Waals surface area (Å²) in [6.07, 6.45) is 4.14. The third-order valence-corrected chi connectivity index (χ3v) is 6.05. The highest BCUT2D eigenvalue weighted by molar-refractivity contribution is 7.47. The molecule has 120 valence electrons. The van der Waals surface area contributed by atoms with Crippen LogP contribution in [0.15, 0.2) is 12.2 Å². The largest absolute Gasteiger partial charge is 0.327 e. The summed E-state index contributed by atoms with van der Waals surface area (Å²) in [5, 5.41) is 0. The van der Waals surface area contributed by atoms with Gasteiger partial charge in [0.25, 0.3) is 0 Å². The van der Waals surface area contributed by atoms with Crippen LogP contribution >= 0.6 is 8.45 Å². The van der Waals surface area contributed by atoms with Gasteiger partial charge in [0, 0.05) is 24.2 Å². The van der Waals surface area contributed by atoms with Crippen LogP contribution in [0.1, 0.15) is 62.3 Å². The van der Waals surface area contributed by atoms with Crippen LogP contribution in [0.5, 0.6) is 0 Å². The standard InChI is InChI=1S/C16H35N2OP/c1-10-11-12-19-20(17(13(2)3)14(4)5)18(15(6)7)16(8)9/h10-11,13-16H,12H2,1-9H3/b11-10+. The molecule has 4 heteroatoms. The molecule has 0 atom stereocenters. The molecule has 0 heterocycles. The molecule has 0 aliphatic rings. The van der Waals surface area contributed by atoms with Gasteiger partial charge in [0.2, 0.25) is 0 Å². The second-order valence-corrected chi connectivity index (χ2v) is 7.94. The topological polar surface area (TPSA) is 15.7 Å². The summed E-state index contributed by atoms with van der Waals surface area (Å²) in [5.74, 6) is 0. The van der Waals surface area contributed by atoms with Gasteiger partial charge in [0.15, 0.2) is 8.45 Å². The summed E-state index contributed by atoms with van der Waals surface area (Å²) in [5.41, 5.74) is 0. The van der Waals surface area contributed by atoms with Crippen molar-refractivity contribution < 1.29 is 4.52 Å². The summed E-state index contributed by atoms with van der Waals surface area (Å²) >= 11 is 0. The van der Waals surface area contributed by atoms with Crippen molar-refractivity contribution in [2.45, 2.75) is 86.5 Å². The van der Waals surface area contributed by atoms with E-state index in [4.69, 9.17) is 4.52 Å². The molecule has 0 aromatic heterocycles. The Morgan fingerprint density at radius 1 is 0.800 bits per heavy atom. The first-order valence-corrected chi connectivity index (χ1v) is 9.01. The fourth-order valence-electron chi connectivity index (χ4n) is 2.44. The molecule has 0 aliphatic heterocycles. The van der Waals surface area contributed by atoms with E-state index in [0.717, 1.165) is 0 Å². The lowest BCUT2D eigenvalue weighted by molar-refractivity contribution is 0.196. The second-order valence-electron chi connectivity index (χ2n) is 6.25. The summed E-state index contributed by atoms with van der Waals surface area (Å²) in [4.78, 5) is 0. The molecular formula is C16H35N2OP. The molecule has 20 heavy (non-hydrogen) atoms. The molecule has 0 fully saturated rings. The van der Waals surface area contributed by atoms with E-state index in [1.54, 1.807) is 0 Å². The van der Waals surface area contributed by atoms with E-state index in [-0.39, 0.29) is 0 Å². The highest BCUT2D eigenvalue weighted by Gasteiger charge is 2.33. The van der Waals surface area contributed by atoms with Crippen LogP contribution < -0.4 is 0 Å². The third kappa shape index (κ3) is 6.22. The Kier molecular flexibility index (Phi) is 9.92. The Hall–Kier alpha value is 0.0500. The predicted molar refractivity (Wildman–Crippen MR) is 91.9 cm³/mol. The highest BCUT2D eigenvalue weighted by atomic mass is 31.2. The average Bonchev–Trinajstić information content (AvgIpc) is 2.26. The Bertz CT molecular complexity index is 242. The minimum atomic E-state index is -0.742. The lowest BCUT2D eigenvalue weighted by Gasteiger charge is -2.45. The zero-order valence-electron chi connectivity index (χ0n) is 14.9. The third-order valence-electron chi connectivity index (χ3n) is 3.03. The molecule has 3 nitrogen and oxygen atoms in total. The molecule has 0 amide bonds. The first kappa shape index (κ1) is 20.1. The van der Waals surface area contributed by atoms with Crippen LogP contribution in [-0.2, 0) is 4.52 Å². The molecule has 0 aromatic rings. The van der Waals surface area contributed by atoms with Crippen molar-refractivity contribution in [1.82, 2.24) is 9.34 Å². The van der Waals surface area contributed by atoms with Gasteiger partial charge < -0.3 is 4.52 Å². The normalized spacial score (nSPS) is 13.6. The van der Waals surface area contributed by atoms with Crippen molar-refractivity contribution in [2.24, 2.45) is 0 Å². The lowest BCUT2D eigenvalue weighted by Crippen LogP contribution is -2.43. The summed E-state index contributed by atoms with van der Waals surface area (Å²) in [6, 6.07) is 1.91. The zero-order chi connectivity index (χ0) is 15.9. The van der Waals surface area contributed by atoms with Gasteiger partial charge >= 0.3 is 0 Å². The molecule has 0 aliphatic carbocycles. The fraction of sp³-hybridized carbons (Fsp3) is 0.875. The van der Waals surface area contributed by atoms with Crippen molar-refractivity contribution in [3.05, 3.63) is 12.2 Å². The zero-order valence-corrected chi connectivity index (χ0v) is 15.8. The van der Waals surface area contributed by atoms with E-state index in [1.807, 2.05) is 6.92 Å². The van der Waals surface area contributed by atoms with Gasteiger partial charge in [-0.25, -0.2) is 9.34 Å². The Labute approximate surface area is 128 Å². The van der Waals surface area contributed by atoms with E-state index in [0.29, 0.717) is 30.8 Å². The Balaban J connectivity index is 5.30. The fourth-order valence-corrected chi connectivity index (χ4v) is 4.75. The molecule has 0 unspecified atom stereocenters. The molecular weight excluding hydrogens is 267 g/mol. The van der Waals surface area contributed by atoms with E-state index in [1.165, 1.54) is 0 Å². The van der Waals surface area contributed by atoms with Gasteiger partial charge in [0.05, 0.1) is 6.61 Å². The quantitative estimate of drug-likeness (QED) is 0.438. The Morgan fingerprint density at radius 3 is 1.40 bits per heavy atom. The second kappa shape index (κ2) is 9.89. The summed E-state index contributed by atoms with van der Waals surface area (Å²) in [6.45, 7) is 20.8. The van der Waals surface area contributed by atoms with Crippen LogP contribution in [0.2, 0.25) is 0 Å². The highest BCUT2D eigenvalue weighted by Crippen LogP contribution is 2.50. The SMILES string of the molecule is C/C=C/COP(N(C(C)C)C(C)C)N(C(C)C)C(C)C. The smallest absolute Gasteiger partial charge is 0.189 e. The maximum absolute atomic E-state index is 6.28. The van der Waals surface area contributed by atoms with E-state index in [2.05, 4.69) is 76.9 Å². The maximum Gasteiger partial charge on any atom is 0.189 e. The molecule has 0 N–H and O–H groups in total. The molecule has 0 saturated heterocycles. The summed E-state index contributed by atoms with van der Waals surface area (Å²) in [7, 11) is -0.742. The number of rotatable bonds is 9. The molecule has 0 saturated carbocycles. The molecule has 0 aromatic carbocycles. The van der Waals surface area contributed by atoms with Crippen LogP contribution in [0, 0.1) is 0 Å². The molecule has 0 bridgehead atoms. The van der Waals surface area contributed by atoms with Gasteiger partial charge in [-0.3, -0.25) is 0 Å². The minimum absolute atomic E-state index is 0.478. The molecule has 0 radical (unpaired) electrons. The molecule has 0 rings (SSSR count). The van der Waals surface area contributed by atoms with Crippen LogP contribution in [0.3, 0.4) is 0 Å². The number of hydrogen-bond acceptors (Lipinski definition) is 3. The number of allylic oxidation sites excluding steroid dienone is 1. The number of nitrogens with zero attached hydrogens (tertiary/aromatic N) is 2. The lowest BCUT2D eigenvalue weighted by atomic mass is 10.3. The number of hydrogen-bond donors (Lipinski definition) is 0. The maximum atomic E-state index is 6.28. The van der Waals surface area contributed by atoms with Crippen LogP contribution in [0.25, 0.3) is 0 Å². The average molecular weight is 302 g/mol. The van der Waals surface area contributed by atoms with Crippen molar-refractivity contribution in [3.8, 4) is 0 Å². The van der Waals surface area contributed by atoms with E-state index >= 15 is 0 Å². The van der Waals surface area contributed by atoms with Crippen molar-refractivity contribution >= 4 is 8.45 Å². The first-order chi connectivity index (χ1) is 9.23. The Morgan fingerprint density at radius 2 is 1.15 bits per heavy atom. The first-order valence-electron chi connectivity index (χ1n) is 7.84. The van der Waals surface area contributed by atoms with Crippen LogP contribution in [-0.4, -0.2) is 40.1 Å². The monoisotopic (exact) mass is 302 g/mol. The van der Waals surface area contributed by atoms with Crippen LogP contribution in [0.4, 0.5) is 0 Å².